The highest BCUT2D eigenvalue weighted by Gasteiger charge is 2.27. The quantitative estimate of drug-likeness (QED) is 0.568. The summed E-state index contributed by atoms with van der Waals surface area (Å²) < 4.78 is 0. The van der Waals surface area contributed by atoms with E-state index in [0.29, 0.717) is 40.9 Å². The van der Waals surface area contributed by atoms with E-state index in [9.17, 15) is 4.79 Å². The van der Waals surface area contributed by atoms with Crippen LogP contribution in [-0.2, 0) is 6.54 Å². The number of carbonyl (C=O) groups is 1. The second-order valence-corrected chi connectivity index (χ2v) is 9.39. The van der Waals surface area contributed by atoms with Gasteiger partial charge in [0, 0.05) is 50.0 Å². The molecule has 0 spiro atoms. The number of nitrogens with zero attached hydrogens (tertiary/aromatic N) is 4. The highest BCUT2D eigenvalue weighted by molar-refractivity contribution is 6.31. The fourth-order valence-electron chi connectivity index (χ4n) is 4.46. The van der Waals surface area contributed by atoms with Crippen molar-refractivity contribution in [2.75, 3.05) is 30.8 Å². The minimum absolute atomic E-state index is 0.197. The maximum absolute atomic E-state index is 13.2. The summed E-state index contributed by atoms with van der Waals surface area (Å²) in [6.45, 7) is 6.89. The van der Waals surface area contributed by atoms with Gasteiger partial charge in [0.2, 0.25) is 0 Å². The van der Waals surface area contributed by atoms with Crippen molar-refractivity contribution >= 4 is 39.9 Å². The predicted molar refractivity (Wildman–Crippen MR) is 135 cm³/mol. The predicted octanol–water partition coefficient (Wildman–Crippen LogP) is 4.10. The monoisotopic (exact) mass is 466 g/mol. The minimum atomic E-state index is -0.197. The molecule has 3 aromatic rings. The average Bonchev–Trinajstić information content (AvgIpc) is 2.82. The van der Waals surface area contributed by atoms with E-state index in [1.54, 1.807) is 18.5 Å². The SMILES string of the molecule is CC(C)N1CCCC(N(C)c2ncc(Cl)cc2C(=O)NCc2ccc3c(N)nccc3c2)C1. The third-order valence-electron chi connectivity index (χ3n) is 6.43. The van der Waals surface area contributed by atoms with Crippen molar-refractivity contribution in [3.8, 4) is 0 Å². The van der Waals surface area contributed by atoms with Crippen LogP contribution in [0.4, 0.5) is 11.6 Å². The van der Waals surface area contributed by atoms with Gasteiger partial charge in [-0.2, -0.15) is 0 Å². The van der Waals surface area contributed by atoms with Crippen molar-refractivity contribution in [2.45, 2.75) is 45.3 Å². The smallest absolute Gasteiger partial charge is 0.255 e. The number of piperidine rings is 1. The van der Waals surface area contributed by atoms with Crippen molar-refractivity contribution in [2.24, 2.45) is 0 Å². The fourth-order valence-corrected chi connectivity index (χ4v) is 4.62. The Kier molecular flexibility index (Phi) is 7.00. The van der Waals surface area contributed by atoms with Gasteiger partial charge in [0.15, 0.2) is 0 Å². The highest BCUT2D eigenvalue weighted by atomic mass is 35.5. The number of amides is 1. The Morgan fingerprint density at radius 1 is 1.30 bits per heavy atom. The van der Waals surface area contributed by atoms with E-state index in [1.165, 1.54) is 0 Å². The molecule has 0 saturated carbocycles. The molecule has 1 saturated heterocycles. The van der Waals surface area contributed by atoms with Gasteiger partial charge in [0.05, 0.1) is 10.6 Å². The molecule has 1 aromatic carbocycles. The van der Waals surface area contributed by atoms with Crippen LogP contribution in [0.3, 0.4) is 0 Å². The van der Waals surface area contributed by atoms with Crippen molar-refractivity contribution in [1.82, 2.24) is 20.2 Å². The summed E-state index contributed by atoms with van der Waals surface area (Å²) in [4.78, 5) is 26.5. The van der Waals surface area contributed by atoms with E-state index in [1.807, 2.05) is 31.3 Å². The number of nitrogens with one attached hydrogen (secondary N) is 1. The first-order valence-electron chi connectivity index (χ1n) is 11.4. The zero-order chi connectivity index (χ0) is 23.5. The van der Waals surface area contributed by atoms with Crippen LogP contribution in [0, 0.1) is 0 Å². The number of anilines is 2. The third kappa shape index (κ3) is 5.20. The Morgan fingerprint density at radius 3 is 2.91 bits per heavy atom. The van der Waals surface area contributed by atoms with Crippen LogP contribution >= 0.6 is 11.6 Å². The Bertz CT molecular complexity index is 1150. The number of aromatic nitrogens is 2. The first-order chi connectivity index (χ1) is 15.8. The van der Waals surface area contributed by atoms with Gasteiger partial charge in [-0.25, -0.2) is 9.97 Å². The van der Waals surface area contributed by atoms with Crippen LogP contribution in [-0.4, -0.2) is 53.0 Å². The number of fused-ring (bicyclic) bond motifs is 1. The number of benzene rings is 1. The van der Waals surface area contributed by atoms with Crippen LogP contribution in [0.2, 0.25) is 5.02 Å². The summed E-state index contributed by atoms with van der Waals surface area (Å²) >= 11 is 6.23. The second kappa shape index (κ2) is 9.93. The van der Waals surface area contributed by atoms with Crippen molar-refractivity contribution in [3.63, 3.8) is 0 Å². The molecule has 174 valence electrons. The molecule has 0 bridgehead atoms. The van der Waals surface area contributed by atoms with Crippen LogP contribution in [0.15, 0.2) is 42.7 Å². The van der Waals surface area contributed by atoms with Gasteiger partial charge in [0.1, 0.15) is 11.6 Å². The molecule has 2 aromatic heterocycles. The van der Waals surface area contributed by atoms with Gasteiger partial charge in [-0.05, 0) is 62.4 Å². The van der Waals surface area contributed by atoms with Gasteiger partial charge in [-0.1, -0.05) is 23.7 Å². The number of nitrogens with two attached hydrogens (primary N) is 1. The molecule has 33 heavy (non-hydrogen) atoms. The number of hydrogen-bond donors (Lipinski definition) is 2. The number of likely N-dealkylation sites (tertiary alicyclic amines) is 1. The van der Waals surface area contributed by atoms with Crippen LogP contribution in [0.5, 0.6) is 0 Å². The molecule has 3 heterocycles. The number of pyridine rings is 2. The molecule has 7 nitrogen and oxygen atoms in total. The lowest BCUT2D eigenvalue weighted by Crippen LogP contribution is -2.49. The van der Waals surface area contributed by atoms with Crippen molar-refractivity contribution in [3.05, 3.63) is 58.9 Å². The zero-order valence-electron chi connectivity index (χ0n) is 19.4. The van der Waals surface area contributed by atoms with Gasteiger partial charge < -0.3 is 16.0 Å². The van der Waals surface area contributed by atoms with E-state index >= 15 is 0 Å². The van der Waals surface area contributed by atoms with Crippen molar-refractivity contribution < 1.29 is 4.79 Å². The Morgan fingerprint density at radius 2 is 2.12 bits per heavy atom. The summed E-state index contributed by atoms with van der Waals surface area (Å²) in [7, 11) is 2.02. The minimum Gasteiger partial charge on any atom is -0.383 e. The Balaban J connectivity index is 1.51. The third-order valence-corrected chi connectivity index (χ3v) is 6.64. The maximum atomic E-state index is 13.2. The normalized spacial score (nSPS) is 16.8. The lowest BCUT2D eigenvalue weighted by Gasteiger charge is -2.40. The Labute approximate surface area is 199 Å². The first-order valence-corrected chi connectivity index (χ1v) is 11.7. The standard InChI is InChI=1S/C25H31ClN6O/c1-16(2)32-10-4-5-20(15-32)31(3)24-22(12-19(26)14-29-24)25(33)30-13-17-6-7-21-18(11-17)8-9-28-23(21)27/h6-9,11-12,14,16,20H,4-5,10,13,15H2,1-3H3,(H2,27,28)(H,30,33). The molecule has 1 atom stereocenters. The molecular formula is C25H31ClN6O. The zero-order valence-corrected chi connectivity index (χ0v) is 20.1. The van der Waals surface area contributed by atoms with E-state index in [4.69, 9.17) is 17.3 Å². The van der Waals surface area contributed by atoms with Crippen molar-refractivity contribution in [1.29, 1.82) is 0 Å². The second-order valence-electron chi connectivity index (χ2n) is 8.95. The number of nitrogen functional groups attached to an aromatic ring is 1. The van der Waals surface area contributed by atoms with E-state index in [2.05, 4.69) is 38.9 Å². The molecular weight excluding hydrogens is 436 g/mol. The molecule has 8 heteroatoms. The van der Waals surface area contributed by atoms with Gasteiger partial charge in [-0.15, -0.1) is 0 Å². The fraction of sp³-hybridized carbons (Fsp3) is 0.400. The van der Waals surface area contributed by atoms with Gasteiger partial charge in [0.25, 0.3) is 5.91 Å². The largest absolute Gasteiger partial charge is 0.383 e. The lowest BCUT2D eigenvalue weighted by atomic mass is 10.0. The summed E-state index contributed by atoms with van der Waals surface area (Å²) in [5.74, 6) is 0.960. The molecule has 1 aliphatic heterocycles. The molecule has 0 aliphatic carbocycles. The molecule has 3 N–H and O–H groups in total. The molecule has 1 unspecified atom stereocenters. The molecule has 1 aliphatic rings. The molecule has 1 fully saturated rings. The highest BCUT2D eigenvalue weighted by Crippen LogP contribution is 2.26. The maximum Gasteiger partial charge on any atom is 0.255 e. The summed E-state index contributed by atoms with van der Waals surface area (Å²) in [6.07, 6.45) is 5.49. The number of carbonyl (C=O) groups excluding carboxylic acids is 1. The van der Waals surface area contributed by atoms with E-state index in [-0.39, 0.29) is 5.91 Å². The molecule has 1 amide bonds. The summed E-state index contributed by atoms with van der Waals surface area (Å²) in [5, 5.41) is 5.36. The Hall–Kier alpha value is -2.90. The number of likely N-dealkylation sites (N-methyl/N-ethyl adjacent to an activating group) is 1. The number of rotatable bonds is 6. The van der Waals surface area contributed by atoms with Gasteiger partial charge >= 0.3 is 0 Å². The number of hydrogen-bond acceptors (Lipinski definition) is 6. The van der Waals surface area contributed by atoms with Crippen LogP contribution < -0.4 is 16.0 Å². The van der Waals surface area contributed by atoms with Gasteiger partial charge in [-0.3, -0.25) is 9.69 Å². The summed E-state index contributed by atoms with van der Waals surface area (Å²) in [5.41, 5.74) is 7.41. The van der Waals surface area contributed by atoms with E-state index < -0.39 is 0 Å². The molecule has 0 radical (unpaired) electrons. The first kappa shape index (κ1) is 23.3. The van der Waals surface area contributed by atoms with E-state index in [0.717, 1.165) is 42.3 Å². The average molecular weight is 467 g/mol. The number of halogens is 1. The van der Waals surface area contributed by atoms with Crippen LogP contribution in [0.1, 0.15) is 42.6 Å². The topological polar surface area (TPSA) is 87.4 Å². The summed E-state index contributed by atoms with van der Waals surface area (Å²) in [6, 6.07) is 10.3. The lowest BCUT2D eigenvalue weighted by molar-refractivity contribution is 0.0950. The molecule has 4 rings (SSSR count). The van der Waals surface area contributed by atoms with Crippen LogP contribution in [0.25, 0.3) is 10.8 Å².